The molecule has 1 aromatic heterocycles. The smallest absolute Gasteiger partial charge is 0.223 e. The van der Waals surface area contributed by atoms with Crippen molar-refractivity contribution in [3.8, 4) is 0 Å². The van der Waals surface area contributed by atoms with E-state index in [9.17, 15) is 4.79 Å². The van der Waals surface area contributed by atoms with Crippen molar-refractivity contribution in [2.45, 2.75) is 26.8 Å². The lowest BCUT2D eigenvalue weighted by Crippen LogP contribution is -2.30. The van der Waals surface area contributed by atoms with Gasteiger partial charge in [-0.2, -0.15) is 0 Å². The van der Waals surface area contributed by atoms with Gasteiger partial charge >= 0.3 is 0 Å². The van der Waals surface area contributed by atoms with Crippen molar-refractivity contribution in [3.05, 3.63) is 16.6 Å². The highest BCUT2D eigenvalue weighted by molar-refractivity contribution is 7.09. The summed E-state index contributed by atoms with van der Waals surface area (Å²) in [5.41, 5.74) is 0. The van der Waals surface area contributed by atoms with Crippen molar-refractivity contribution >= 4 is 17.2 Å². The predicted molar refractivity (Wildman–Crippen MR) is 53.5 cm³/mol. The molecule has 1 aromatic rings. The zero-order valence-electron chi connectivity index (χ0n) is 8.07. The van der Waals surface area contributed by atoms with Gasteiger partial charge in [0, 0.05) is 17.5 Å². The van der Waals surface area contributed by atoms with Crippen molar-refractivity contribution in [3.63, 3.8) is 0 Å². The summed E-state index contributed by atoms with van der Waals surface area (Å²) < 4.78 is 0. The lowest BCUT2D eigenvalue weighted by Gasteiger charge is -2.12. The van der Waals surface area contributed by atoms with Crippen molar-refractivity contribution in [1.82, 2.24) is 10.3 Å². The maximum absolute atomic E-state index is 11.3. The molecule has 0 fully saturated rings. The fraction of sp³-hybridized carbons (Fsp3) is 0.556. The van der Waals surface area contributed by atoms with Gasteiger partial charge in [-0.25, -0.2) is 4.98 Å². The first-order chi connectivity index (χ1) is 6.11. The highest BCUT2D eigenvalue weighted by Gasteiger charge is 2.13. The summed E-state index contributed by atoms with van der Waals surface area (Å²) >= 11 is 1.56. The second-order valence-corrected chi connectivity index (χ2v) is 4.18. The van der Waals surface area contributed by atoms with Crippen molar-refractivity contribution < 1.29 is 4.79 Å². The van der Waals surface area contributed by atoms with Crippen molar-refractivity contribution in [2.24, 2.45) is 5.92 Å². The Balaban J connectivity index is 2.51. The van der Waals surface area contributed by atoms with Crippen LogP contribution in [0.2, 0.25) is 0 Å². The van der Waals surface area contributed by atoms with Gasteiger partial charge in [-0.05, 0) is 6.92 Å². The van der Waals surface area contributed by atoms with Gasteiger partial charge in [0.15, 0.2) is 0 Å². The molecule has 72 valence electrons. The molecule has 0 aliphatic heterocycles. The van der Waals surface area contributed by atoms with Crippen molar-refractivity contribution in [2.75, 3.05) is 0 Å². The minimum Gasteiger partial charge on any atom is -0.347 e. The average Bonchev–Trinajstić information content (AvgIpc) is 2.55. The van der Waals surface area contributed by atoms with Crippen LogP contribution in [0, 0.1) is 5.92 Å². The zero-order valence-corrected chi connectivity index (χ0v) is 8.89. The van der Waals surface area contributed by atoms with E-state index in [1.807, 2.05) is 26.2 Å². The molecule has 0 saturated carbocycles. The standard InChI is InChI=1S/C9H14N2OS/c1-6(2)8(12)11-7(3)9-10-4-5-13-9/h4-7H,1-3H3,(H,11,12)/t7-/m0/s1. The van der Waals surface area contributed by atoms with E-state index in [-0.39, 0.29) is 17.9 Å². The van der Waals surface area contributed by atoms with E-state index in [1.165, 1.54) is 0 Å². The molecule has 0 radical (unpaired) electrons. The summed E-state index contributed by atoms with van der Waals surface area (Å²) in [7, 11) is 0. The van der Waals surface area contributed by atoms with Gasteiger partial charge in [0.1, 0.15) is 5.01 Å². The van der Waals surface area contributed by atoms with E-state index in [2.05, 4.69) is 10.3 Å². The average molecular weight is 198 g/mol. The van der Waals surface area contributed by atoms with Gasteiger partial charge in [-0.3, -0.25) is 4.79 Å². The Bertz CT molecular complexity index is 269. The molecule has 0 spiro atoms. The fourth-order valence-corrected chi connectivity index (χ4v) is 1.54. The molecular weight excluding hydrogens is 184 g/mol. The maximum Gasteiger partial charge on any atom is 0.223 e. The number of hydrogen-bond acceptors (Lipinski definition) is 3. The number of nitrogens with one attached hydrogen (secondary N) is 1. The Morgan fingerprint density at radius 2 is 2.23 bits per heavy atom. The van der Waals surface area contributed by atoms with Crippen LogP contribution in [0.15, 0.2) is 11.6 Å². The molecule has 0 aliphatic rings. The monoisotopic (exact) mass is 198 g/mol. The molecule has 13 heavy (non-hydrogen) atoms. The number of rotatable bonds is 3. The summed E-state index contributed by atoms with van der Waals surface area (Å²) in [5.74, 6) is 0.102. The lowest BCUT2D eigenvalue weighted by atomic mass is 10.2. The molecular formula is C9H14N2OS. The molecule has 0 bridgehead atoms. The number of nitrogens with zero attached hydrogens (tertiary/aromatic N) is 1. The first kappa shape index (κ1) is 10.2. The Morgan fingerprint density at radius 1 is 1.54 bits per heavy atom. The van der Waals surface area contributed by atoms with Gasteiger partial charge < -0.3 is 5.32 Å². The van der Waals surface area contributed by atoms with Crippen LogP contribution in [0.25, 0.3) is 0 Å². The highest BCUT2D eigenvalue weighted by atomic mass is 32.1. The van der Waals surface area contributed by atoms with Crippen LogP contribution in [0.5, 0.6) is 0 Å². The van der Waals surface area contributed by atoms with E-state index in [0.717, 1.165) is 5.01 Å². The molecule has 1 rings (SSSR count). The lowest BCUT2D eigenvalue weighted by molar-refractivity contribution is -0.124. The third-order valence-electron chi connectivity index (χ3n) is 1.70. The van der Waals surface area contributed by atoms with Crippen LogP contribution in [0.3, 0.4) is 0 Å². The normalized spacial score (nSPS) is 12.9. The third kappa shape index (κ3) is 2.81. The van der Waals surface area contributed by atoms with E-state index in [1.54, 1.807) is 17.5 Å². The summed E-state index contributed by atoms with van der Waals surface area (Å²) in [5, 5.41) is 5.75. The van der Waals surface area contributed by atoms with Gasteiger partial charge in [-0.15, -0.1) is 11.3 Å². The zero-order chi connectivity index (χ0) is 9.84. The number of aromatic nitrogens is 1. The van der Waals surface area contributed by atoms with E-state index >= 15 is 0 Å². The van der Waals surface area contributed by atoms with E-state index in [0.29, 0.717) is 0 Å². The Hall–Kier alpha value is -0.900. The first-order valence-electron chi connectivity index (χ1n) is 4.31. The summed E-state index contributed by atoms with van der Waals surface area (Å²) in [6.45, 7) is 5.70. The number of carbonyl (C=O) groups is 1. The van der Waals surface area contributed by atoms with Crippen LogP contribution < -0.4 is 5.32 Å². The summed E-state index contributed by atoms with van der Waals surface area (Å²) in [6, 6.07) is 0.0231. The molecule has 1 atom stereocenters. The number of carbonyl (C=O) groups excluding carboxylic acids is 1. The van der Waals surface area contributed by atoms with Crippen LogP contribution in [-0.2, 0) is 4.79 Å². The molecule has 1 heterocycles. The molecule has 0 aliphatic carbocycles. The van der Waals surface area contributed by atoms with Gasteiger partial charge in [0.05, 0.1) is 6.04 Å². The topological polar surface area (TPSA) is 42.0 Å². The van der Waals surface area contributed by atoms with Crippen molar-refractivity contribution in [1.29, 1.82) is 0 Å². The molecule has 1 amide bonds. The molecule has 1 N–H and O–H groups in total. The van der Waals surface area contributed by atoms with Gasteiger partial charge in [0.2, 0.25) is 5.91 Å². The number of thiazole rings is 1. The van der Waals surface area contributed by atoms with Crippen LogP contribution in [-0.4, -0.2) is 10.9 Å². The molecule has 0 aromatic carbocycles. The predicted octanol–water partition coefficient (Wildman–Crippen LogP) is 1.98. The van der Waals surface area contributed by atoms with E-state index in [4.69, 9.17) is 0 Å². The third-order valence-corrected chi connectivity index (χ3v) is 2.66. The largest absolute Gasteiger partial charge is 0.347 e. The minimum absolute atomic E-state index is 0.0231. The maximum atomic E-state index is 11.3. The summed E-state index contributed by atoms with van der Waals surface area (Å²) in [4.78, 5) is 15.4. The first-order valence-corrected chi connectivity index (χ1v) is 5.19. The van der Waals surface area contributed by atoms with Crippen LogP contribution in [0.4, 0.5) is 0 Å². The Kier molecular flexibility index (Phi) is 3.42. The molecule has 3 nitrogen and oxygen atoms in total. The SMILES string of the molecule is CC(C)C(=O)N[C@@H](C)c1nccs1. The quantitative estimate of drug-likeness (QED) is 0.807. The highest BCUT2D eigenvalue weighted by Crippen LogP contribution is 2.14. The minimum atomic E-state index is 0.0231. The molecule has 4 heteroatoms. The second kappa shape index (κ2) is 4.37. The Morgan fingerprint density at radius 3 is 2.69 bits per heavy atom. The van der Waals surface area contributed by atoms with Gasteiger partial charge in [0.25, 0.3) is 0 Å². The van der Waals surface area contributed by atoms with Crippen LogP contribution >= 0.6 is 11.3 Å². The van der Waals surface area contributed by atoms with Gasteiger partial charge in [-0.1, -0.05) is 13.8 Å². The second-order valence-electron chi connectivity index (χ2n) is 3.26. The number of amides is 1. The molecule has 0 saturated heterocycles. The molecule has 0 unspecified atom stereocenters. The van der Waals surface area contributed by atoms with Crippen LogP contribution in [0.1, 0.15) is 31.8 Å². The fourth-order valence-electron chi connectivity index (χ4n) is 0.890. The summed E-state index contributed by atoms with van der Waals surface area (Å²) in [6.07, 6.45) is 1.75. The number of hydrogen-bond donors (Lipinski definition) is 1. The van der Waals surface area contributed by atoms with E-state index < -0.39 is 0 Å². The Labute approximate surface area is 82.2 Å².